The molecule has 1 N–H and O–H groups in total. The molecule has 0 aromatic heterocycles. The number of aliphatic hydroxyl groups is 1. The molecular formula is C15H14ClFO. The highest BCUT2D eigenvalue weighted by Crippen LogP contribution is 2.23. The van der Waals surface area contributed by atoms with Crippen LogP contribution < -0.4 is 0 Å². The van der Waals surface area contributed by atoms with E-state index in [-0.39, 0.29) is 5.82 Å². The van der Waals surface area contributed by atoms with Gasteiger partial charge < -0.3 is 5.11 Å². The number of hydrogen-bond donors (Lipinski definition) is 1. The van der Waals surface area contributed by atoms with Crippen molar-refractivity contribution in [2.45, 2.75) is 19.4 Å². The molecule has 0 radical (unpaired) electrons. The Hall–Kier alpha value is -1.38. The first-order valence-electron chi connectivity index (χ1n) is 5.75. The molecule has 0 fully saturated rings. The summed E-state index contributed by atoms with van der Waals surface area (Å²) in [6.45, 7) is 1.90. The fourth-order valence-electron chi connectivity index (χ4n) is 1.84. The summed E-state index contributed by atoms with van der Waals surface area (Å²) >= 11 is 5.94. The van der Waals surface area contributed by atoms with Crippen LogP contribution in [0, 0.1) is 12.7 Å². The average Bonchev–Trinajstić information content (AvgIpc) is 2.35. The van der Waals surface area contributed by atoms with Crippen LogP contribution in [0.4, 0.5) is 4.39 Å². The van der Waals surface area contributed by atoms with E-state index in [1.54, 1.807) is 18.2 Å². The van der Waals surface area contributed by atoms with Crippen molar-refractivity contribution in [1.29, 1.82) is 0 Å². The van der Waals surface area contributed by atoms with Crippen LogP contribution in [0.1, 0.15) is 22.8 Å². The Labute approximate surface area is 111 Å². The zero-order valence-corrected chi connectivity index (χ0v) is 10.8. The molecule has 2 rings (SSSR count). The number of aryl methyl sites for hydroxylation is 1. The number of benzene rings is 2. The van der Waals surface area contributed by atoms with Crippen LogP contribution in [0.15, 0.2) is 42.5 Å². The molecule has 1 atom stereocenters. The van der Waals surface area contributed by atoms with Gasteiger partial charge in [-0.25, -0.2) is 4.39 Å². The first-order valence-corrected chi connectivity index (χ1v) is 6.12. The van der Waals surface area contributed by atoms with Gasteiger partial charge in [0.15, 0.2) is 0 Å². The first-order chi connectivity index (χ1) is 8.56. The molecule has 1 nitrogen and oxygen atoms in total. The highest BCUT2D eigenvalue weighted by Gasteiger charge is 2.09. The van der Waals surface area contributed by atoms with Crippen LogP contribution >= 0.6 is 11.6 Å². The van der Waals surface area contributed by atoms with Gasteiger partial charge in [0.05, 0.1) is 6.10 Å². The molecule has 3 heteroatoms. The van der Waals surface area contributed by atoms with Gasteiger partial charge in [-0.2, -0.15) is 0 Å². The van der Waals surface area contributed by atoms with E-state index in [0.29, 0.717) is 11.4 Å². The molecule has 2 aromatic rings. The van der Waals surface area contributed by atoms with E-state index in [9.17, 15) is 9.50 Å². The van der Waals surface area contributed by atoms with Crippen molar-refractivity contribution < 1.29 is 9.50 Å². The monoisotopic (exact) mass is 264 g/mol. The van der Waals surface area contributed by atoms with Crippen LogP contribution in [-0.2, 0) is 6.42 Å². The lowest BCUT2D eigenvalue weighted by Crippen LogP contribution is -2.02. The van der Waals surface area contributed by atoms with E-state index in [1.165, 1.54) is 12.1 Å². The van der Waals surface area contributed by atoms with E-state index < -0.39 is 6.10 Å². The van der Waals surface area contributed by atoms with Crippen molar-refractivity contribution in [3.8, 4) is 0 Å². The summed E-state index contributed by atoms with van der Waals surface area (Å²) in [5.41, 5.74) is 2.66. The summed E-state index contributed by atoms with van der Waals surface area (Å²) in [5, 5.41) is 10.8. The lowest BCUT2D eigenvalue weighted by Gasteiger charge is -2.12. The highest BCUT2D eigenvalue weighted by atomic mass is 35.5. The van der Waals surface area contributed by atoms with Gasteiger partial charge in [-0.05, 0) is 41.8 Å². The zero-order chi connectivity index (χ0) is 13.1. The van der Waals surface area contributed by atoms with Crippen LogP contribution in [-0.4, -0.2) is 5.11 Å². The summed E-state index contributed by atoms with van der Waals surface area (Å²) in [4.78, 5) is 0. The molecular weight excluding hydrogens is 251 g/mol. The second-order valence-electron chi connectivity index (χ2n) is 4.36. The molecule has 18 heavy (non-hydrogen) atoms. The van der Waals surface area contributed by atoms with E-state index in [2.05, 4.69) is 0 Å². The van der Waals surface area contributed by atoms with Gasteiger partial charge in [-0.15, -0.1) is 0 Å². The van der Waals surface area contributed by atoms with Crippen molar-refractivity contribution >= 4 is 11.6 Å². The van der Waals surface area contributed by atoms with Crippen LogP contribution in [0.3, 0.4) is 0 Å². The lowest BCUT2D eigenvalue weighted by molar-refractivity contribution is 0.178. The largest absolute Gasteiger partial charge is 0.388 e. The molecule has 0 spiro atoms. The average molecular weight is 265 g/mol. The van der Waals surface area contributed by atoms with Gasteiger partial charge in [-0.3, -0.25) is 0 Å². The Kier molecular flexibility index (Phi) is 4.00. The summed E-state index contributed by atoms with van der Waals surface area (Å²) in [7, 11) is 0. The topological polar surface area (TPSA) is 20.2 Å². The quantitative estimate of drug-likeness (QED) is 0.886. The Morgan fingerprint density at radius 2 is 1.83 bits per heavy atom. The number of halogens is 2. The summed E-state index contributed by atoms with van der Waals surface area (Å²) in [5.74, 6) is -0.268. The van der Waals surface area contributed by atoms with E-state index in [0.717, 1.165) is 16.7 Å². The molecule has 0 aliphatic carbocycles. The Morgan fingerprint density at radius 3 is 2.44 bits per heavy atom. The minimum Gasteiger partial charge on any atom is -0.388 e. The number of hydrogen-bond acceptors (Lipinski definition) is 1. The maximum absolute atomic E-state index is 12.8. The van der Waals surface area contributed by atoms with E-state index >= 15 is 0 Å². The molecule has 0 aliphatic rings. The Bertz CT molecular complexity index is 537. The third-order valence-electron chi connectivity index (χ3n) is 2.91. The number of aliphatic hydroxyl groups excluding tert-OH is 1. The van der Waals surface area contributed by atoms with Crippen molar-refractivity contribution in [3.63, 3.8) is 0 Å². The summed E-state index contributed by atoms with van der Waals surface area (Å²) in [6, 6.07) is 11.6. The first kappa shape index (κ1) is 13.1. The lowest BCUT2D eigenvalue weighted by atomic mass is 10.00. The maximum Gasteiger partial charge on any atom is 0.123 e. The van der Waals surface area contributed by atoms with Gasteiger partial charge in [0, 0.05) is 11.4 Å². The van der Waals surface area contributed by atoms with E-state index in [1.807, 2.05) is 19.1 Å². The number of rotatable bonds is 3. The van der Waals surface area contributed by atoms with E-state index in [4.69, 9.17) is 11.6 Å². The SMILES string of the molecule is Cc1cc(C(O)Cc2ccc(F)cc2)ccc1Cl. The second-order valence-corrected chi connectivity index (χ2v) is 4.76. The fraction of sp³-hybridized carbons (Fsp3) is 0.200. The highest BCUT2D eigenvalue weighted by molar-refractivity contribution is 6.31. The van der Waals surface area contributed by atoms with Gasteiger partial charge >= 0.3 is 0 Å². The molecule has 0 aliphatic heterocycles. The maximum atomic E-state index is 12.8. The second kappa shape index (κ2) is 5.51. The van der Waals surface area contributed by atoms with Gasteiger partial charge in [-0.1, -0.05) is 35.9 Å². The third kappa shape index (κ3) is 3.09. The molecule has 0 saturated carbocycles. The predicted octanol–water partition coefficient (Wildman–Crippen LogP) is 4.06. The fourth-order valence-corrected chi connectivity index (χ4v) is 1.95. The minimum absolute atomic E-state index is 0.268. The molecule has 0 heterocycles. The van der Waals surface area contributed by atoms with Gasteiger partial charge in [0.25, 0.3) is 0 Å². The molecule has 0 amide bonds. The molecule has 1 unspecified atom stereocenters. The molecule has 0 bridgehead atoms. The van der Waals surface area contributed by atoms with Crippen LogP contribution in [0.5, 0.6) is 0 Å². The van der Waals surface area contributed by atoms with Crippen LogP contribution in [0.2, 0.25) is 5.02 Å². The Morgan fingerprint density at radius 1 is 1.17 bits per heavy atom. The van der Waals surface area contributed by atoms with Crippen molar-refractivity contribution in [3.05, 3.63) is 70.0 Å². The van der Waals surface area contributed by atoms with Gasteiger partial charge in [0.2, 0.25) is 0 Å². The van der Waals surface area contributed by atoms with Crippen molar-refractivity contribution in [1.82, 2.24) is 0 Å². The van der Waals surface area contributed by atoms with Gasteiger partial charge in [0.1, 0.15) is 5.82 Å². The third-order valence-corrected chi connectivity index (χ3v) is 3.33. The van der Waals surface area contributed by atoms with Crippen molar-refractivity contribution in [2.75, 3.05) is 0 Å². The van der Waals surface area contributed by atoms with Crippen LogP contribution in [0.25, 0.3) is 0 Å². The summed E-state index contributed by atoms with van der Waals surface area (Å²) < 4.78 is 12.8. The zero-order valence-electron chi connectivity index (χ0n) is 10.0. The normalized spacial score (nSPS) is 12.4. The molecule has 94 valence electrons. The predicted molar refractivity (Wildman–Crippen MR) is 71.3 cm³/mol. The molecule has 2 aromatic carbocycles. The van der Waals surface area contributed by atoms with Crippen molar-refractivity contribution in [2.24, 2.45) is 0 Å². The summed E-state index contributed by atoms with van der Waals surface area (Å²) in [6.07, 6.45) is -0.145. The standard InChI is InChI=1S/C15H14ClFO/c1-10-8-12(4-7-14(10)16)15(18)9-11-2-5-13(17)6-3-11/h2-8,15,18H,9H2,1H3. The minimum atomic E-state index is -0.605. The smallest absolute Gasteiger partial charge is 0.123 e. The molecule has 0 saturated heterocycles. The Balaban J connectivity index is 2.13.